The SMILES string of the molecule is Cn1ccnc1CN1CCN(C(=O)Nc2cccc(N3CCCC3=O)c2)CC1. The fourth-order valence-corrected chi connectivity index (χ4v) is 3.73. The van der Waals surface area contributed by atoms with E-state index >= 15 is 0 Å². The van der Waals surface area contributed by atoms with E-state index in [9.17, 15) is 9.59 Å². The highest BCUT2D eigenvalue weighted by Crippen LogP contribution is 2.24. The maximum atomic E-state index is 12.6. The Morgan fingerprint density at radius 2 is 2.00 bits per heavy atom. The summed E-state index contributed by atoms with van der Waals surface area (Å²) >= 11 is 0. The number of piperazine rings is 1. The lowest BCUT2D eigenvalue weighted by molar-refractivity contribution is -0.117. The van der Waals surface area contributed by atoms with Gasteiger partial charge in [0.25, 0.3) is 0 Å². The normalized spacial score (nSPS) is 18.0. The van der Waals surface area contributed by atoms with Crippen LogP contribution in [0, 0.1) is 0 Å². The summed E-state index contributed by atoms with van der Waals surface area (Å²) in [7, 11) is 2.00. The highest BCUT2D eigenvalue weighted by atomic mass is 16.2. The minimum absolute atomic E-state index is 0.0958. The van der Waals surface area contributed by atoms with Crippen LogP contribution in [0.1, 0.15) is 18.7 Å². The molecule has 1 N–H and O–H groups in total. The van der Waals surface area contributed by atoms with E-state index in [1.165, 1.54) is 0 Å². The molecule has 8 heteroatoms. The second-order valence-corrected chi connectivity index (χ2v) is 7.35. The lowest BCUT2D eigenvalue weighted by Gasteiger charge is -2.34. The number of anilines is 2. The van der Waals surface area contributed by atoms with Crippen LogP contribution in [0.15, 0.2) is 36.7 Å². The van der Waals surface area contributed by atoms with Gasteiger partial charge >= 0.3 is 6.03 Å². The predicted octanol–water partition coefficient (Wildman–Crippen LogP) is 1.90. The molecule has 2 fully saturated rings. The van der Waals surface area contributed by atoms with Gasteiger partial charge in [-0.05, 0) is 24.6 Å². The first-order valence-corrected chi connectivity index (χ1v) is 9.75. The monoisotopic (exact) mass is 382 g/mol. The zero-order valence-corrected chi connectivity index (χ0v) is 16.2. The molecule has 0 aliphatic carbocycles. The molecular weight excluding hydrogens is 356 g/mol. The van der Waals surface area contributed by atoms with Gasteiger partial charge in [0.2, 0.25) is 5.91 Å². The van der Waals surface area contributed by atoms with Gasteiger partial charge in [0.1, 0.15) is 5.82 Å². The van der Waals surface area contributed by atoms with Crippen molar-refractivity contribution < 1.29 is 9.59 Å². The lowest BCUT2D eigenvalue weighted by Crippen LogP contribution is -2.49. The molecule has 4 rings (SSSR count). The van der Waals surface area contributed by atoms with Crippen LogP contribution in [0.25, 0.3) is 0 Å². The first kappa shape index (κ1) is 18.5. The Kier molecular flexibility index (Phi) is 5.29. The van der Waals surface area contributed by atoms with E-state index in [1.807, 2.05) is 53.2 Å². The number of urea groups is 1. The molecule has 1 aromatic carbocycles. The number of carbonyl (C=O) groups is 2. The van der Waals surface area contributed by atoms with Gasteiger partial charge in [-0.25, -0.2) is 9.78 Å². The number of rotatable bonds is 4. The Labute approximate surface area is 164 Å². The average molecular weight is 382 g/mol. The van der Waals surface area contributed by atoms with Crippen LogP contribution >= 0.6 is 0 Å². The molecule has 0 unspecified atom stereocenters. The van der Waals surface area contributed by atoms with Crippen LogP contribution in [-0.2, 0) is 18.4 Å². The van der Waals surface area contributed by atoms with Crippen LogP contribution in [0.4, 0.5) is 16.2 Å². The van der Waals surface area contributed by atoms with Crippen molar-refractivity contribution in [3.05, 3.63) is 42.5 Å². The quantitative estimate of drug-likeness (QED) is 0.877. The molecule has 2 saturated heterocycles. The average Bonchev–Trinajstić information content (AvgIpc) is 3.31. The molecule has 0 radical (unpaired) electrons. The molecule has 0 spiro atoms. The molecule has 3 amide bonds. The number of nitrogens with zero attached hydrogens (tertiary/aromatic N) is 5. The fraction of sp³-hybridized carbons (Fsp3) is 0.450. The molecule has 8 nitrogen and oxygen atoms in total. The number of amides is 3. The van der Waals surface area contributed by atoms with E-state index < -0.39 is 0 Å². The van der Waals surface area contributed by atoms with Gasteiger partial charge < -0.3 is 19.7 Å². The Hall–Kier alpha value is -2.87. The van der Waals surface area contributed by atoms with Crippen molar-refractivity contribution in [1.82, 2.24) is 19.4 Å². The van der Waals surface area contributed by atoms with Crippen LogP contribution in [0.2, 0.25) is 0 Å². The van der Waals surface area contributed by atoms with E-state index in [0.717, 1.165) is 49.8 Å². The molecule has 148 valence electrons. The summed E-state index contributed by atoms with van der Waals surface area (Å²) in [6, 6.07) is 7.43. The highest BCUT2D eigenvalue weighted by Gasteiger charge is 2.24. The lowest BCUT2D eigenvalue weighted by atomic mass is 10.2. The Bertz CT molecular complexity index is 856. The smallest absolute Gasteiger partial charge is 0.321 e. The van der Waals surface area contributed by atoms with Crippen LogP contribution in [0.3, 0.4) is 0 Å². The first-order valence-electron chi connectivity index (χ1n) is 9.75. The summed E-state index contributed by atoms with van der Waals surface area (Å²) in [6.07, 6.45) is 5.24. The van der Waals surface area contributed by atoms with Crippen molar-refractivity contribution in [2.75, 3.05) is 42.9 Å². The number of hydrogen-bond acceptors (Lipinski definition) is 4. The third-order valence-electron chi connectivity index (χ3n) is 5.43. The molecular formula is C20H26N6O2. The van der Waals surface area contributed by atoms with Gasteiger partial charge in [0.05, 0.1) is 6.54 Å². The van der Waals surface area contributed by atoms with Gasteiger partial charge in [-0.15, -0.1) is 0 Å². The fourth-order valence-electron chi connectivity index (χ4n) is 3.73. The zero-order valence-electron chi connectivity index (χ0n) is 16.2. The maximum absolute atomic E-state index is 12.6. The summed E-state index contributed by atoms with van der Waals surface area (Å²) in [5, 5.41) is 2.97. The second kappa shape index (κ2) is 8.02. The van der Waals surface area contributed by atoms with Crippen molar-refractivity contribution in [2.45, 2.75) is 19.4 Å². The number of benzene rings is 1. The molecule has 1 aromatic heterocycles. The van der Waals surface area contributed by atoms with Crippen LogP contribution < -0.4 is 10.2 Å². The topological polar surface area (TPSA) is 73.7 Å². The van der Waals surface area contributed by atoms with Gasteiger partial charge in [-0.1, -0.05) is 6.07 Å². The Balaban J connectivity index is 1.31. The molecule has 2 aliphatic heterocycles. The Morgan fingerprint density at radius 1 is 1.18 bits per heavy atom. The van der Waals surface area contributed by atoms with Crippen molar-refractivity contribution >= 4 is 23.3 Å². The van der Waals surface area contributed by atoms with Crippen molar-refractivity contribution in [2.24, 2.45) is 7.05 Å². The summed E-state index contributed by atoms with van der Waals surface area (Å²) in [4.78, 5) is 34.9. The molecule has 3 heterocycles. The number of carbonyl (C=O) groups excluding carboxylic acids is 2. The standard InChI is InChI=1S/C20H26N6O2/c1-23-9-7-21-18(23)15-24-10-12-25(13-11-24)20(28)22-16-4-2-5-17(14-16)26-8-3-6-19(26)27/h2,4-5,7,9,14H,3,6,8,10-13,15H2,1H3,(H,22,28). The third-order valence-corrected chi connectivity index (χ3v) is 5.43. The molecule has 2 aromatic rings. The minimum Gasteiger partial charge on any atom is -0.337 e. The summed E-state index contributed by atoms with van der Waals surface area (Å²) < 4.78 is 2.02. The van der Waals surface area contributed by atoms with E-state index in [0.29, 0.717) is 19.5 Å². The van der Waals surface area contributed by atoms with Crippen molar-refractivity contribution in [3.8, 4) is 0 Å². The number of imidazole rings is 1. The van der Waals surface area contributed by atoms with Gasteiger partial charge in [-0.3, -0.25) is 9.69 Å². The zero-order chi connectivity index (χ0) is 19.5. The largest absolute Gasteiger partial charge is 0.337 e. The van der Waals surface area contributed by atoms with E-state index in [-0.39, 0.29) is 11.9 Å². The number of aryl methyl sites for hydroxylation is 1. The molecule has 2 aliphatic rings. The van der Waals surface area contributed by atoms with Gasteiger partial charge in [0.15, 0.2) is 0 Å². The molecule has 0 saturated carbocycles. The van der Waals surface area contributed by atoms with Gasteiger partial charge in [0, 0.05) is 70.0 Å². The second-order valence-electron chi connectivity index (χ2n) is 7.35. The number of nitrogens with one attached hydrogen (secondary N) is 1. The number of aromatic nitrogens is 2. The van der Waals surface area contributed by atoms with Crippen molar-refractivity contribution in [1.29, 1.82) is 0 Å². The van der Waals surface area contributed by atoms with E-state index in [4.69, 9.17) is 0 Å². The van der Waals surface area contributed by atoms with Crippen LogP contribution in [0.5, 0.6) is 0 Å². The highest BCUT2D eigenvalue weighted by molar-refractivity contribution is 5.96. The van der Waals surface area contributed by atoms with E-state index in [2.05, 4.69) is 15.2 Å². The molecule has 0 bridgehead atoms. The number of hydrogen-bond donors (Lipinski definition) is 1. The third kappa shape index (κ3) is 4.01. The Morgan fingerprint density at radius 3 is 2.68 bits per heavy atom. The summed E-state index contributed by atoms with van der Waals surface area (Å²) in [5.74, 6) is 1.18. The van der Waals surface area contributed by atoms with E-state index in [1.54, 1.807) is 4.90 Å². The maximum Gasteiger partial charge on any atom is 0.321 e. The van der Waals surface area contributed by atoms with Crippen LogP contribution in [-0.4, -0.2) is 64.0 Å². The minimum atomic E-state index is -0.0958. The summed E-state index contributed by atoms with van der Waals surface area (Å²) in [5.41, 5.74) is 1.57. The van der Waals surface area contributed by atoms with Crippen molar-refractivity contribution in [3.63, 3.8) is 0 Å². The predicted molar refractivity (Wildman–Crippen MR) is 107 cm³/mol. The first-order chi connectivity index (χ1) is 13.6. The van der Waals surface area contributed by atoms with Gasteiger partial charge in [-0.2, -0.15) is 0 Å². The molecule has 0 atom stereocenters. The molecule has 28 heavy (non-hydrogen) atoms. The summed E-state index contributed by atoms with van der Waals surface area (Å²) in [6.45, 7) is 4.55.